The number of hydrogen-bond donors (Lipinski definition) is 2. The Morgan fingerprint density at radius 2 is 2.10 bits per heavy atom. The summed E-state index contributed by atoms with van der Waals surface area (Å²) in [6, 6.07) is 2.98. The number of rotatable bonds is 8. The van der Waals surface area contributed by atoms with Gasteiger partial charge in [-0.2, -0.15) is 0 Å². The number of ether oxygens (including phenoxy) is 1. The van der Waals surface area contributed by atoms with Gasteiger partial charge in [0.25, 0.3) is 0 Å². The molecule has 0 spiro atoms. The van der Waals surface area contributed by atoms with Crippen LogP contribution in [0.1, 0.15) is 0 Å². The first-order valence-corrected chi connectivity index (χ1v) is 6.07. The lowest BCUT2D eigenvalue weighted by atomic mass is 10.2. The topological polar surface area (TPSA) is 115 Å². The van der Waals surface area contributed by atoms with E-state index in [4.69, 9.17) is 4.74 Å². The smallest absolute Gasteiger partial charge is 0.300 e. The number of nitro benzene ring substituents is 1. The van der Waals surface area contributed by atoms with Crippen LogP contribution in [0.3, 0.4) is 0 Å². The second-order valence-electron chi connectivity index (χ2n) is 4.02. The second kappa shape index (κ2) is 6.78. The predicted octanol–water partition coefficient (Wildman–Crippen LogP) is 0.779. The van der Waals surface area contributed by atoms with Crippen molar-refractivity contribution in [3.63, 3.8) is 0 Å². The highest BCUT2D eigenvalue weighted by Crippen LogP contribution is 2.28. The van der Waals surface area contributed by atoms with Crippen LogP contribution in [0, 0.1) is 10.1 Å². The van der Waals surface area contributed by atoms with Gasteiger partial charge in [0.05, 0.1) is 17.2 Å². The van der Waals surface area contributed by atoms with Crippen LogP contribution in [0.2, 0.25) is 0 Å². The second-order valence-corrected chi connectivity index (χ2v) is 4.02. The van der Waals surface area contributed by atoms with E-state index in [1.54, 1.807) is 13.2 Å². The summed E-state index contributed by atoms with van der Waals surface area (Å²) in [7, 11) is 1.64. The van der Waals surface area contributed by atoms with E-state index in [9.17, 15) is 10.1 Å². The standard InChI is InChI=1S/C11H15N5O4/c1-19-7-6-12-4-5-13-8-2-3-9(16(17)18)11-10(8)14-20-15-11/h2-3,12-13H,4-7H2,1H3. The number of benzene rings is 1. The molecule has 108 valence electrons. The highest BCUT2D eigenvalue weighted by Gasteiger charge is 2.19. The Hall–Kier alpha value is -2.26. The summed E-state index contributed by atoms with van der Waals surface area (Å²) < 4.78 is 9.49. The molecular formula is C11H15N5O4. The molecule has 0 amide bonds. The van der Waals surface area contributed by atoms with Gasteiger partial charge in [0.15, 0.2) is 5.52 Å². The zero-order valence-corrected chi connectivity index (χ0v) is 11.0. The fraction of sp³-hybridized carbons (Fsp3) is 0.455. The van der Waals surface area contributed by atoms with Gasteiger partial charge in [-0.15, -0.1) is 0 Å². The normalized spacial score (nSPS) is 10.8. The van der Waals surface area contributed by atoms with Crippen LogP contribution in [0.15, 0.2) is 16.8 Å². The van der Waals surface area contributed by atoms with Gasteiger partial charge < -0.3 is 15.4 Å². The lowest BCUT2D eigenvalue weighted by molar-refractivity contribution is -0.383. The number of aromatic nitrogens is 2. The largest absolute Gasteiger partial charge is 0.383 e. The molecule has 1 aromatic carbocycles. The molecule has 9 nitrogen and oxygen atoms in total. The number of nitrogens with zero attached hydrogens (tertiary/aromatic N) is 3. The number of non-ortho nitro benzene ring substituents is 1. The predicted molar refractivity (Wildman–Crippen MR) is 71.7 cm³/mol. The monoisotopic (exact) mass is 281 g/mol. The summed E-state index contributed by atoms with van der Waals surface area (Å²) >= 11 is 0. The SMILES string of the molecule is COCCNCCNc1ccc([N+](=O)[O-])c2nonc12. The van der Waals surface area contributed by atoms with Crippen LogP contribution in [0.4, 0.5) is 11.4 Å². The molecule has 0 bridgehead atoms. The van der Waals surface area contributed by atoms with Gasteiger partial charge in [-0.1, -0.05) is 0 Å². The molecule has 2 aromatic rings. The van der Waals surface area contributed by atoms with E-state index in [-0.39, 0.29) is 11.2 Å². The molecule has 20 heavy (non-hydrogen) atoms. The molecule has 0 atom stereocenters. The first-order valence-electron chi connectivity index (χ1n) is 6.07. The Morgan fingerprint density at radius 3 is 2.85 bits per heavy atom. The van der Waals surface area contributed by atoms with E-state index in [0.717, 1.165) is 13.1 Å². The van der Waals surface area contributed by atoms with Gasteiger partial charge >= 0.3 is 5.69 Å². The zero-order chi connectivity index (χ0) is 14.4. The highest BCUT2D eigenvalue weighted by molar-refractivity contribution is 5.93. The van der Waals surface area contributed by atoms with Crippen LogP contribution < -0.4 is 10.6 Å². The molecule has 2 rings (SSSR count). The van der Waals surface area contributed by atoms with Crippen LogP contribution in [0.25, 0.3) is 11.0 Å². The Morgan fingerprint density at radius 1 is 1.30 bits per heavy atom. The van der Waals surface area contributed by atoms with E-state index in [1.165, 1.54) is 6.07 Å². The van der Waals surface area contributed by atoms with E-state index < -0.39 is 4.92 Å². The van der Waals surface area contributed by atoms with Crippen molar-refractivity contribution in [2.75, 3.05) is 38.7 Å². The van der Waals surface area contributed by atoms with Crippen molar-refractivity contribution >= 4 is 22.4 Å². The van der Waals surface area contributed by atoms with E-state index in [2.05, 4.69) is 25.6 Å². The number of nitrogens with one attached hydrogen (secondary N) is 2. The maximum atomic E-state index is 10.8. The summed E-state index contributed by atoms with van der Waals surface area (Å²) in [6.07, 6.45) is 0. The average molecular weight is 281 g/mol. The van der Waals surface area contributed by atoms with E-state index in [1.807, 2.05) is 0 Å². The quantitative estimate of drug-likeness (QED) is 0.414. The molecule has 0 aliphatic heterocycles. The van der Waals surface area contributed by atoms with Gasteiger partial charge in [-0.3, -0.25) is 10.1 Å². The van der Waals surface area contributed by atoms with Crippen molar-refractivity contribution in [1.29, 1.82) is 0 Å². The van der Waals surface area contributed by atoms with Crippen LogP contribution >= 0.6 is 0 Å². The first-order chi connectivity index (χ1) is 9.74. The summed E-state index contributed by atoms with van der Waals surface area (Å²) in [6.45, 7) is 2.78. The molecule has 2 N–H and O–H groups in total. The van der Waals surface area contributed by atoms with Gasteiger partial charge in [0, 0.05) is 32.8 Å². The lowest BCUT2D eigenvalue weighted by Crippen LogP contribution is -2.25. The summed E-state index contributed by atoms with van der Waals surface area (Å²) in [5.74, 6) is 0. The van der Waals surface area contributed by atoms with Gasteiger partial charge in [-0.25, -0.2) is 4.63 Å². The molecule has 0 saturated carbocycles. The Balaban J connectivity index is 1.99. The Labute approximate surface area is 114 Å². The third-order valence-corrected chi connectivity index (χ3v) is 2.69. The molecule has 9 heteroatoms. The maximum absolute atomic E-state index is 10.8. The highest BCUT2D eigenvalue weighted by atomic mass is 16.6. The molecule has 1 aromatic heterocycles. The van der Waals surface area contributed by atoms with E-state index >= 15 is 0 Å². The van der Waals surface area contributed by atoms with Crippen molar-refractivity contribution in [2.24, 2.45) is 0 Å². The lowest BCUT2D eigenvalue weighted by Gasteiger charge is -2.07. The third kappa shape index (κ3) is 3.19. The number of hydrogen-bond acceptors (Lipinski definition) is 8. The molecule has 0 radical (unpaired) electrons. The van der Waals surface area contributed by atoms with Crippen molar-refractivity contribution in [2.45, 2.75) is 0 Å². The number of nitro groups is 1. The summed E-state index contributed by atoms with van der Waals surface area (Å²) in [5, 5.41) is 24.4. The van der Waals surface area contributed by atoms with Crippen molar-refractivity contribution < 1.29 is 14.3 Å². The van der Waals surface area contributed by atoms with Crippen molar-refractivity contribution in [3.05, 3.63) is 22.2 Å². The van der Waals surface area contributed by atoms with E-state index in [0.29, 0.717) is 24.4 Å². The molecule has 1 heterocycles. The molecular weight excluding hydrogens is 266 g/mol. The minimum absolute atomic E-state index is 0.120. The van der Waals surface area contributed by atoms with Crippen LogP contribution in [0.5, 0.6) is 0 Å². The third-order valence-electron chi connectivity index (χ3n) is 2.69. The number of fused-ring (bicyclic) bond motifs is 1. The molecule has 0 unspecified atom stereocenters. The Bertz CT molecular complexity index is 585. The maximum Gasteiger partial charge on any atom is 0.300 e. The molecule has 0 fully saturated rings. The average Bonchev–Trinajstić information content (AvgIpc) is 2.91. The van der Waals surface area contributed by atoms with Crippen molar-refractivity contribution in [1.82, 2.24) is 15.6 Å². The van der Waals surface area contributed by atoms with Crippen LogP contribution in [-0.4, -0.2) is 48.6 Å². The fourth-order valence-corrected chi connectivity index (χ4v) is 1.73. The summed E-state index contributed by atoms with van der Waals surface area (Å²) in [5.41, 5.74) is 1.04. The van der Waals surface area contributed by atoms with Crippen molar-refractivity contribution in [3.8, 4) is 0 Å². The minimum atomic E-state index is -0.511. The molecule has 0 aliphatic carbocycles. The molecule has 0 aliphatic rings. The van der Waals surface area contributed by atoms with Crippen LogP contribution in [-0.2, 0) is 4.74 Å². The number of methoxy groups -OCH3 is 1. The summed E-state index contributed by atoms with van der Waals surface area (Å²) in [4.78, 5) is 10.3. The van der Waals surface area contributed by atoms with Gasteiger partial charge in [0.2, 0.25) is 5.52 Å². The fourth-order valence-electron chi connectivity index (χ4n) is 1.73. The van der Waals surface area contributed by atoms with Gasteiger partial charge in [0.1, 0.15) is 0 Å². The number of anilines is 1. The Kier molecular flexibility index (Phi) is 4.80. The zero-order valence-electron chi connectivity index (χ0n) is 11.0. The van der Waals surface area contributed by atoms with Gasteiger partial charge in [-0.05, 0) is 16.4 Å². The first kappa shape index (κ1) is 14.2. The minimum Gasteiger partial charge on any atom is -0.383 e. The molecule has 0 saturated heterocycles.